The van der Waals surface area contributed by atoms with Gasteiger partial charge in [-0.25, -0.2) is 4.98 Å². The number of furan rings is 1. The first-order valence-corrected chi connectivity index (χ1v) is 8.81. The van der Waals surface area contributed by atoms with Crippen LogP contribution in [0.5, 0.6) is 0 Å². The lowest BCUT2D eigenvalue weighted by Crippen LogP contribution is -2.45. The molecule has 2 aromatic heterocycles. The Morgan fingerprint density at radius 3 is 2.81 bits per heavy atom. The van der Waals surface area contributed by atoms with Crippen LogP contribution in [0, 0.1) is 0 Å². The lowest BCUT2D eigenvalue weighted by atomic mass is 10.0. The maximum absolute atomic E-state index is 12.6. The van der Waals surface area contributed by atoms with Gasteiger partial charge in [0.05, 0.1) is 31.2 Å². The average molecular weight is 349 g/mol. The molecule has 6 heteroatoms. The molecule has 6 nitrogen and oxygen atoms in total. The predicted molar refractivity (Wildman–Crippen MR) is 94.4 cm³/mol. The first-order valence-electron chi connectivity index (χ1n) is 8.81. The van der Waals surface area contributed by atoms with Crippen molar-refractivity contribution in [3.05, 3.63) is 66.5 Å². The Morgan fingerprint density at radius 2 is 2.00 bits per heavy atom. The second-order valence-corrected chi connectivity index (χ2v) is 6.94. The van der Waals surface area contributed by atoms with Gasteiger partial charge in [-0.1, -0.05) is 30.3 Å². The molecule has 1 spiro atoms. The van der Waals surface area contributed by atoms with Gasteiger partial charge in [0.2, 0.25) is 0 Å². The van der Waals surface area contributed by atoms with E-state index in [1.54, 1.807) is 12.1 Å². The number of imidazole rings is 1. The highest BCUT2D eigenvalue weighted by Crippen LogP contribution is 2.35. The number of fused-ring (bicyclic) bond motifs is 1. The van der Waals surface area contributed by atoms with Crippen LogP contribution in [0.1, 0.15) is 22.8 Å². The molecule has 132 valence electrons. The molecule has 0 saturated carbocycles. The summed E-state index contributed by atoms with van der Waals surface area (Å²) in [6.07, 6.45) is 4.25. The number of rotatable bonds is 2. The lowest BCUT2D eigenvalue weighted by molar-refractivity contribution is -0.0805. The van der Waals surface area contributed by atoms with Gasteiger partial charge in [0.15, 0.2) is 5.76 Å². The average Bonchev–Trinajstić information content (AvgIpc) is 3.42. The maximum Gasteiger partial charge on any atom is 0.289 e. The minimum Gasteiger partial charge on any atom is -0.459 e. The fourth-order valence-corrected chi connectivity index (χ4v) is 3.92. The van der Waals surface area contributed by atoms with Crippen LogP contribution in [0.2, 0.25) is 0 Å². The van der Waals surface area contributed by atoms with E-state index in [-0.39, 0.29) is 11.5 Å². The number of carbonyl (C=O) groups is 1. The van der Waals surface area contributed by atoms with Crippen LogP contribution >= 0.6 is 0 Å². The number of nitrogens with zero attached hydrogens (tertiary/aromatic N) is 3. The molecule has 1 fully saturated rings. The number of ether oxygens (including phenoxy) is 1. The minimum atomic E-state index is -0.362. The summed E-state index contributed by atoms with van der Waals surface area (Å²) in [6.45, 7) is 2.41. The van der Waals surface area contributed by atoms with Crippen LogP contribution in [-0.4, -0.2) is 39.0 Å². The molecule has 1 saturated heterocycles. The lowest BCUT2D eigenvalue weighted by Gasteiger charge is -2.35. The van der Waals surface area contributed by atoms with E-state index >= 15 is 0 Å². The van der Waals surface area contributed by atoms with Gasteiger partial charge in [-0.05, 0) is 24.1 Å². The van der Waals surface area contributed by atoms with Crippen LogP contribution in [0.25, 0.3) is 11.3 Å². The first-order chi connectivity index (χ1) is 12.7. The smallest absolute Gasteiger partial charge is 0.289 e. The molecule has 2 aliphatic heterocycles. The van der Waals surface area contributed by atoms with Gasteiger partial charge in [0.1, 0.15) is 18.0 Å². The third kappa shape index (κ3) is 2.45. The van der Waals surface area contributed by atoms with Crippen molar-refractivity contribution in [2.24, 2.45) is 0 Å². The molecule has 3 aromatic rings. The Kier molecular flexibility index (Phi) is 3.46. The largest absolute Gasteiger partial charge is 0.459 e. The van der Waals surface area contributed by atoms with E-state index in [1.165, 1.54) is 6.26 Å². The number of hydrogen-bond acceptors (Lipinski definition) is 4. The molecular formula is C20H19N3O3. The van der Waals surface area contributed by atoms with E-state index in [0.29, 0.717) is 32.0 Å². The van der Waals surface area contributed by atoms with Crippen LogP contribution in [0.15, 0.2) is 59.3 Å². The van der Waals surface area contributed by atoms with Gasteiger partial charge in [-0.3, -0.25) is 4.79 Å². The zero-order valence-corrected chi connectivity index (χ0v) is 14.3. The van der Waals surface area contributed by atoms with Crippen molar-refractivity contribution in [2.45, 2.75) is 25.2 Å². The highest BCUT2D eigenvalue weighted by Gasteiger charge is 2.45. The van der Waals surface area contributed by atoms with Gasteiger partial charge >= 0.3 is 0 Å². The molecule has 4 heterocycles. The molecule has 26 heavy (non-hydrogen) atoms. The summed E-state index contributed by atoms with van der Waals surface area (Å²) in [7, 11) is 0. The second-order valence-electron chi connectivity index (χ2n) is 6.94. The summed E-state index contributed by atoms with van der Waals surface area (Å²) in [5.41, 5.74) is 1.88. The van der Waals surface area contributed by atoms with Gasteiger partial charge < -0.3 is 18.6 Å². The van der Waals surface area contributed by atoms with E-state index in [1.807, 2.05) is 29.3 Å². The van der Waals surface area contributed by atoms with Crippen LogP contribution in [0.3, 0.4) is 0 Å². The fraction of sp³-hybridized carbons (Fsp3) is 0.300. The van der Waals surface area contributed by atoms with Crippen molar-refractivity contribution in [2.75, 3.05) is 13.1 Å². The zero-order valence-electron chi connectivity index (χ0n) is 14.3. The number of carbonyl (C=O) groups excluding carboxylic acids is 1. The van der Waals surface area contributed by atoms with Crippen LogP contribution < -0.4 is 0 Å². The summed E-state index contributed by atoms with van der Waals surface area (Å²) in [4.78, 5) is 18.9. The van der Waals surface area contributed by atoms with E-state index < -0.39 is 0 Å². The van der Waals surface area contributed by atoms with E-state index in [9.17, 15) is 4.79 Å². The Labute approximate surface area is 151 Å². The van der Waals surface area contributed by atoms with E-state index in [4.69, 9.17) is 9.15 Å². The molecule has 1 atom stereocenters. The SMILES string of the molecule is O=C(c1ccco1)N1CC[C@@]2(C1)Cn1c(-c3ccccc3)cnc1CO2. The monoisotopic (exact) mass is 349 g/mol. The molecule has 0 radical (unpaired) electrons. The van der Waals surface area contributed by atoms with E-state index in [2.05, 4.69) is 21.7 Å². The maximum atomic E-state index is 12.6. The third-order valence-corrected chi connectivity index (χ3v) is 5.30. The molecule has 1 aromatic carbocycles. The number of amides is 1. The molecule has 0 N–H and O–H groups in total. The van der Waals surface area contributed by atoms with E-state index in [0.717, 1.165) is 23.5 Å². The number of likely N-dealkylation sites (tertiary alicyclic amines) is 1. The quantitative estimate of drug-likeness (QED) is 0.714. The van der Waals surface area contributed by atoms with Crippen molar-refractivity contribution in [1.82, 2.24) is 14.5 Å². The Balaban J connectivity index is 1.41. The highest BCUT2D eigenvalue weighted by atomic mass is 16.5. The van der Waals surface area contributed by atoms with Gasteiger partial charge in [-0.15, -0.1) is 0 Å². The summed E-state index contributed by atoms with van der Waals surface area (Å²) >= 11 is 0. The van der Waals surface area contributed by atoms with Gasteiger partial charge in [0.25, 0.3) is 5.91 Å². The molecule has 2 aliphatic rings. The number of aromatic nitrogens is 2. The first kappa shape index (κ1) is 15.4. The summed E-state index contributed by atoms with van der Waals surface area (Å²) in [5, 5.41) is 0. The topological polar surface area (TPSA) is 60.5 Å². The van der Waals surface area contributed by atoms with Crippen molar-refractivity contribution >= 4 is 5.91 Å². The van der Waals surface area contributed by atoms with Crippen LogP contribution in [-0.2, 0) is 17.9 Å². The normalized spacial score (nSPS) is 21.9. The molecule has 0 unspecified atom stereocenters. The summed E-state index contributed by atoms with van der Waals surface area (Å²) < 4.78 is 13.7. The standard InChI is InChI=1S/C20H19N3O3/c24-19(17-7-4-10-25-17)22-9-8-20(13-22)14-23-16(11-21-18(23)12-26-20)15-5-2-1-3-6-15/h1-7,10-11H,8-9,12-14H2/t20-/m1/s1. The molecule has 0 bridgehead atoms. The number of benzene rings is 1. The third-order valence-electron chi connectivity index (χ3n) is 5.30. The second kappa shape index (κ2) is 5.85. The van der Waals surface area contributed by atoms with Crippen LogP contribution in [0.4, 0.5) is 0 Å². The Bertz CT molecular complexity index is 933. The van der Waals surface area contributed by atoms with Crippen molar-refractivity contribution < 1.29 is 13.9 Å². The molecule has 1 amide bonds. The fourth-order valence-electron chi connectivity index (χ4n) is 3.92. The summed E-state index contributed by atoms with van der Waals surface area (Å²) in [5.74, 6) is 1.24. The van der Waals surface area contributed by atoms with Crippen molar-refractivity contribution in [3.63, 3.8) is 0 Å². The van der Waals surface area contributed by atoms with Crippen molar-refractivity contribution in [1.29, 1.82) is 0 Å². The Morgan fingerprint density at radius 1 is 1.12 bits per heavy atom. The predicted octanol–water partition coefficient (Wildman–Crippen LogP) is 2.96. The highest BCUT2D eigenvalue weighted by molar-refractivity contribution is 5.91. The molecular weight excluding hydrogens is 330 g/mol. The minimum absolute atomic E-state index is 0.0739. The Hall–Kier alpha value is -2.86. The van der Waals surface area contributed by atoms with Crippen molar-refractivity contribution in [3.8, 4) is 11.3 Å². The molecule has 0 aliphatic carbocycles. The zero-order chi connectivity index (χ0) is 17.6. The van der Waals surface area contributed by atoms with Gasteiger partial charge in [-0.2, -0.15) is 0 Å². The summed E-state index contributed by atoms with van der Waals surface area (Å²) in [6, 6.07) is 13.7. The number of hydrogen-bond donors (Lipinski definition) is 0. The van der Waals surface area contributed by atoms with Gasteiger partial charge in [0, 0.05) is 6.54 Å². The molecule has 5 rings (SSSR count).